The van der Waals surface area contributed by atoms with Gasteiger partial charge in [0.05, 0.1) is 17.6 Å². The van der Waals surface area contributed by atoms with E-state index in [1.54, 1.807) is 24.3 Å². The lowest BCUT2D eigenvalue weighted by molar-refractivity contribution is -0.206. The molecule has 0 spiro atoms. The molecular weight excluding hydrogens is 412 g/mol. The predicted octanol–water partition coefficient (Wildman–Crippen LogP) is 3.65. The lowest BCUT2D eigenvalue weighted by Crippen LogP contribution is -2.41. The number of alkyl halides is 3. The Balaban J connectivity index is 1.98. The van der Waals surface area contributed by atoms with Crippen molar-refractivity contribution in [1.82, 2.24) is 5.32 Å². The van der Waals surface area contributed by atoms with Gasteiger partial charge in [-0.25, -0.2) is 0 Å². The number of amides is 1. The van der Waals surface area contributed by atoms with Gasteiger partial charge in [-0.15, -0.1) is 0 Å². The summed E-state index contributed by atoms with van der Waals surface area (Å²) in [4.78, 5) is 12.1. The van der Waals surface area contributed by atoms with Gasteiger partial charge in [0.1, 0.15) is 17.0 Å². The molecule has 0 aliphatic carbocycles. The van der Waals surface area contributed by atoms with E-state index in [9.17, 15) is 23.1 Å². The van der Waals surface area contributed by atoms with Crippen molar-refractivity contribution in [3.05, 3.63) is 41.7 Å². The number of benzene rings is 1. The summed E-state index contributed by atoms with van der Waals surface area (Å²) in [7, 11) is -0.536. The molecule has 0 radical (unpaired) electrons. The van der Waals surface area contributed by atoms with Crippen LogP contribution in [-0.4, -0.2) is 41.3 Å². The van der Waals surface area contributed by atoms with Crippen LogP contribution in [0.5, 0.6) is 0 Å². The maximum absolute atomic E-state index is 12.9. The van der Waals surface area contributed by atoms with Gasteiger partial charge in [0.15, 0.2) is 0 Å². The number of halogens is 3. The molecule has 1 aliphatic heterocycles. The Bertz CT molecular complexity index is 862. The Morgan fingerprint density at radius 3 is 2.06 bits per heavy atom. The SMILES string of the molecule is CC1(C)OB(c2ccc(CC(=O)NC(=N)/C=C(\O)C(C)(C)C(F)(F)F)cc2)OC1(C)C. The van der Waals surface area contributed by atoms with Gasteiger partial charge >= 0.3 is 13.3 Å². The van der Waals surface area contributed by atoms with Crippen LogP contribution in [0.3, 0.4) is 0 Å². The van der Waals surface area contributed by atoms with Gasteiger partial charge in [-0.2, -0.15) is 13.2 Å². The van der Waals surface area contributed by atoms with E-state index in [1.165, 1.54) is 0 Å². The molecule has 0 aromatic heterocycles. The van der Waals surface area contributed by atoms with Crippen molar-refractivity contribution in [2.45, 2.75) is 65.3 Å². The largest absolute Gasteiger partial charge is 0.511 e. The van der Waals surface area contributed by atoms with E-state index in [-0.39, 0.29) is 6.42 Å². The molecule has 0 bridgehead atoms. The standard InChI is InChI=1S/C21H28BF3N2O4/c1-18(2,21(23,24)25)15(28)12-16(26)27-17(29)11-13-7-9-14(10-8-13)22-30-19(3,4)20(5,6)31-22/h7-10,12,28H,11H2,1-6H3,(H2,26,27,29)/b15-12-. The minimum atomic E-state index is -4.70. The van der Waals surface area contributed by atoms with Gasteiger partial charge in [-0.1, -0.05) is 24.3 Å². The van der Waals surface area contributed by atoms with Gasteiger partial charge in [-0.05, 0) is 52.6 Å². The molecule has 0 atom stereocenters. The fourth-order valence-electron chi connectivity index (χ4n) is 2.65. The zero-order valence-electron chi connectivity index (χ0n) is 18.5. The van der Waals surface area contributed by atoms with Gasteiger partial charge in [0.25, 0.3) is 0 Å². The number of rotatable bonds is 5. The van der Waals surface area contributed by atoms with Crippen molar-refractivity contribution in [2.24, 2.45) is 5.41 Å². The molecular formula is C21H28BF3N2O4. The van der Waals surface area contributed by atoms with Crippen LogP contribution in [-0.2, 0) is 20.5 Å². The minimum absolute atomic E-state index is 0.0940. The number of carbonyl (C=O) groups excluding carboxylic acids is 1. The molecule has 1 aromatic carbocycles. The highest BCUT2D eigenvalue weighted by Crippen LogP contribution is 2.42. The normalized spacial score (nSPS) is 18.7. The lowest BCUT2D eigenvalue weighted by atomic mass is 9.79. The van der Waals surface area contributed by atoms with Crippen LogP contribution in [0.25, 0.3) is 0 Å². The van der Waals surface area contributed by atoms with E-state index in [0.29, 0.717) is 11.6 Å². The highest BCUT2D eigenvalue weighted by Gasteiger charge is 2.52. The molecule has 170 valence electrons. The highest BCUT2D eigenvalue weighted by molar-refractivity contribution is 6.62. The van der Waals surface area contributed by atoms with Crippen molar-refractivity contribution in [3.63, 3.8) is 0 Å². The summed E-state index contributed by atoms with van der Waals surface area (Å²) in [5.74, 6) is -2.28. The van der Waals surface area contributed by atoms with Gasteiger partial charge < -0.3 is 19.7 Å². The van der Waals surface area contributed by atoms with Crippen molar-refractivity contribution in [1.29, 1.82) is 5.41 Å². The number of hydrogen-bond acceptors (Lipinski definition) is 5. The second kappa shape index (κ2) is 8.31. The summed E-state index contributed by atoms with van der Waals surface area (Å²) in [5.41, 5.74) is -2.06. The van der Waals surface area contributed by atoms with E-state index >= 15 is 0 Å². The first-order chi connectivity index (χ1) is 14.0. The molecule has 0 saturated carbocycles. The first-order valence-electron chi connectivity index (χ1n) is 9.77. The summed E-state index contributed by atoms with van der Waals surface area (Å²) in [6.45, 7) is 9.36. The van der Waals surface area contributed by atoms with E-state index in [0.717, 1.165) is 19.3 Å². The minimum Gasteiger partial charge on any atom is -0.511 e. The van der Waals surface area contributed by atoms with Crippen LogP contribution in [0.15, 0.2) is 36.1 Å². The topological polar surface area (TPSA) is 91.6 Å². The summed E-state index contributed by atoms with van der Waals surface area (Å²) < 4.78 is 50.8. The van der Waals surface area contributed by atoms with E-state index in [4.69, 9.17) is 14.7 Å². The first-order valence-corrected chi connectivity index (χ1v) is 9.77. The summed E-state index contributed by atoms with van der Waals surface area (Å²) in [5, 5.41) is 19.5. The average Bonchev–Trinajstić information content (AvgIpc) is 2.81. The molecule has 31 heavy (non-hydrogen) atoms. The second-order valence-corrected chi connectivity index (χ2v) is 9.12. The van der Waals surface area contributed by atoms with Crippen molar-refractivity contribution >= 4 is 24.3 Å². The maximum Gasteiger partial charge on any atom is 0.494 e. The number of aliphatic hydroxyl groups is 1. The number of amidine groups is 1. The zero-order chi connectivity index (χ0) is 23.8. The van der Waals surface area contributed by atoms with Crippen LogP contribution in [0.2, 0.25) is 0 Å². The van der Waals surface area contributed by atoms with Crippen LogP contribution in [0, 0.1) is 10.8 Å². The number of hydrogen-bond donors (Lipinski definition) is 3. The van der Waals surface area contributed by atoms with Crippen molar-refractivity contribution in [2.75, 3.05) is 0 Å². The molecule has 1 saturated heterocycles. The highest BCUT2D eigenvalue weighted by atomic mass is 19.4. The third-order valence-corrected chi connectivity index (χ3v) is 5.77. The molecule has 10 heteroatoms. The summed E-state index contributed by atoms with van der Waals surface area (Å²) in [6, 6.07) is 6.97. The van der Waals surface area contributed by atoms with E-state index in [1.807, 2.05) is 27.7 Å². The Morgan fingerprint density at radius 1 is 1.13 bits per heavy atom. The molecule has 2 rings (SSSR count). The first kappa shape index (κ1) is 24.9. The van der Waals surface area contributed by atoms with Crippen LogP contribution in [0.1, 0.15) is 47.1 Å². The zero-order valence-corrected chi connectivity index (χ0v) is 18.5. The van der Waals surface area contributed by atoms with Gasteiger partial charge in [0, 0.05) is 6.08 Å². The molecule has 6 nitrogen and oxygen atoms in total. The molecule has 3 N–H and O–H groups in total. The molecule has 1 aliphatic rings. The lowest BCUT2D eigenvalue weighted by Gasteiger charge is -2.32. The van der Waals surface area contributed by atoms with E-state index in [2.05, 4.69) is 5.32 Å². The average molecular weight is 440 g/mol. The summed E-state index contributed by atoms with van der Waals surface area (Å²) in [6.07, 6.45) is -4.20. The van der Waals surface area contributed by atoms with Gasteiger partial charge in [0.2, 0.25) is 5.91 Å². The maximum atomic E-state index is 12.9. The third kappa shape index (κ3) is 5.48. The smallest absolute Gasteiger partial charge is 0.494 e. The number of nitrogens with one attached hydrogen (secondary N) is 2. The molecule has 1 fully saturated rings. The number of carbonyl (C=O) groups is 1. The van der Waals surface area contributed by atoms with Crippen LogP contribution >= 0.6 is 0 Å². The van der Waals surface area contributed by atoms with Crippen LogP contribution in [0.4, 0.5) is 13.2 Å². The second-order valence-electron chi connectivity index (χ2n) is 9.12. The molecule has 0 unspecified atom stereocenters. The van der Waals surface area contributed by atoms with Crippen LogP contribution < -0.4 is 10.8 Å². The predicted molar refractivity (Wildman–Crippen MR) is 112 cm³/mol. The third-order valence-electron chi connectivity index (χ3n) is 5.77. The van der Waals surface area contributed by atoms with Gasteiger partial charge in [-0.3, -0.25) is 10.2 Å². The summed E-state index contributed by atoms with van der Waals surface area (Å²) >= 11 is 0. The fraction of sp³-hybridized carbons (Fsp3) is 0.524. The van der Waals surface area contributed by atoms with E-state index < -0.39 is 47.4 Å². The Hall–Kier alpha value is -2.33. The fourth-order valence-corrected chi connectivity index (χ4v) is 2.65. The van der Waals surface area contributed by atoms with Crippen molar-refractivity contribution in [3.8, 4) is 0 Å². The molecule has 1 aromatic rings. The van der Waals surface area contributed by atoms with Crippen molar-refractivity contribution < 1.29 is 32.4 Å². The number of allylic oxidation sites excluding steroid dienone is 1. The number of aliphatic hydroxyl groups excluding tert-OH is 1. The molecule has 1 heterocycles. The molecule has 1 amide bonds. The quantitative estimate of drug-likeness (QED) is 0.282. The Kier molecular flexibility index (Phi) is 6.69. The monoisotopic (exact) mass is 440 g/mol. The Labute approximate surface area is 180 Å². The Morgan fingerprint density at radius 2 is 1.61 bits per heavy atom.